The van der Waals surface area contributed by atoms with E-state index in [0.29, 0.717) is 58.2 Å². The third-order valence-corrected chi connectivity index (χ3v) is 8.07. The summed E-state index contributed by atoms with van der Waals surface area (Å²) in [6, 6.07) is 12.5. The van der Waals surface area contributed by atoms with Crippen molar-refractivity contribution in [2.75, 3.05) is 38.5 Å². The van der Waals surface area contributed by atoms with Gasteiger partial charge in [0.25, 0.3) is 17.7 Å². The standard InChI is InChI=1S/C31H34ClN5O3/c1-5-25(20-6-9-22(32)10-7-20)34-29(38)21-8-11-26-23(16-21)24(30(39)35-26)17-27-18(2)28(19(3)33-27)31(40)37-14-12-36(4)13-15-37/h6-11,16-17,25,33H,5,12-15H2,1-4H3,(H,34,38)(H,35,39). The fourth-order valence-electron chi connectivity index (χ4n) is 5.38. The third-order valence-electron chi connectivity index (χ3n) is 7.82. The number of anilines is 1. The van der Waals surface area contributed by atoms with Crippen molar-refractivity contribution < 1.29 is 14.4 Å². The molecule has 0 bridgehead atoms. The first kappa shape index (κ1) is 27.7. The zero-order valence-corrected chi connectivity index (χ0v) is 24.0. The van der Waals surface area contributed by atoms with Gasteiger partial charge in [-0.25, -0.2) is 0 Å². The van der Waals surface area contributed by atoms with E-state index < -0.39 is 0 Å². The molecule has 1 fully saturated rings. The van der Waals surface area contributed by atoms with E-state index in [4.69, 9.17) is 11.6 Å². The molecule has 40 heavy (non-hydrogen) atoms. The lowest BCUT2D eigenvalue weighted by Gasteiger charge is -2.32. The zero-order chi connectivity index (χ0) is 28.6. The first-order chi connectivity index (χ1) is 19.2. The maximum atomic E-state index is 13.3. The number of benzene rings is 2. The summed E-state index contributed by atoms with van der Waals surface area (Å²) in [4.78, 5) is 47.0. The molecule has 0 aliphatic carbocycles. The van der Waals surface area contributed by atoms with Crippen LogP contribution in [0.2, 0.25) is 5.02 Å². The first-order valence-corrected chi connectivity index (χ1v) is 13.9. The fourth-order valence-corrected chi connectivity index (χ4v) is 5.51. The van der Waals surface area contributed by atoms with Crippen LogP contribution in [0.1, 0.15) is 68.2 Å². The maximum absolute atomic E-state index is 13.3. The van der Waals surface area contributed by atoms with Crippen molar-refractivity contribution in [2.24, 2.45) is 0 Å². The summed E-state index contributed by atoms with van der Waals surface area (Å²) in [6.45, 7) is 8.86. The number of hydrogen-bond acceptors (Lipinski definition) is 4. The molecule has 2 aliphatic rings. The summed E-state index contributed by atoms with van der Waals surface area (Å²) in [5.74, 6) is -0.473. The molecule has 9 heteroatoms. The van der Waals surface area contributed by atoms with E-state index >= 15 is 0 Å². The van der Waals surface area contributed by atoms with Gasteiger partial charge in [-0.15, -0.1) is 0 Å². The molecule has 5 rings (SSSR count). The third kappa shape index (κ3) is 5.42. The average molecular weight is 560 g/mol. The summed E-state index contributed by atoms with van der Waals surface area (Å²) in [6.07, 6.45) is 2.48. The number of likely N-dealkylation sites (N-methyl/N-ethyl adjacent to an activating group) is 1. The van der Waals surface area contributed by atoms with E-state index in [9.17, 15) is 14.4 Å². The summed E-state index contributed by atoms with van der Waals surface area (Å²) >= 11 is 6.03. The smallest absolute Gasteiger partial charge is 0.256 e. The van der Waals surface area contributed by atoms with Gasteiger partial charge >= 0.3 is 0 Å². The Balaban J connectivity index is 1.41. The number of piperazine rings is 1. The highest BCUT2D eigenvalue weighted by Crippen LogP contribution is 2.35. The van der Waals surface area contributed by atoms with Gasteiger partial charge in [0.15, 0.2) is 0 Å². The predicted molar refractivity (Wildman–Crippen MR) is 159 cm³/mol. The normalized spacial score (nSPS) is 17.1. The number of nitrogens with zero attached hydrogens (tertiary/aromatic N) is 2. The van der Waals surface area contributed by atoms with Crippen LogP contribution in [0.5, 0.6) is 0 Å². The lowest BCUT2D eigenvalue weighted by molar-refractivity contribution is -0.110. The van der Waals surface area contributed by atoms with Crippen molar-refractivity contribution in [3.8, 4) is 0 Å². The maximum Gasteiger partial charge on any atom is 0.256 e. The number of nitrogens with one attached hydrogen (secondary N) is 3. The molecule has 2 aromatic carbocycles. The molecule has 1 unspecified atom stereocenters. The number of carbonyl (C=O) groups is 3. The van der Waals surface area contributed by atoms with E-state index in [0.717, 1.165) is 29.9 Å². The van der Waals surface area contributed by atoms with Crippen LogP contribution in [0.15, 0.2) is 42.5 Å². The number of aromatic nitrogens is 1. The Hall–Kier alpha value is -3.88. The van der Waals surface area contributed by atoms with Gasteiger partial charge in [-0.1, -0.05) is 30.7 Å². The number of hydrogen-bond donors (Lipinski definition) is 3. The second-order valence-electron chi connectivity index (χ2n) is 10.5. The van der Waals surface area contributed by atoms with Gasteiger partial charge in [0, 0.05) is 59.4 Å². The number of halogens is 1. The number of aryl methyl sites for hydroxylation is 1. The highest BCUT2D eigenvalue weighted by molar-refractivity contribution is 6.35. The van der Waals surface area contributed by atoms with Crippen molar-refractivity contribution in [2.45, 2.75) is 33.2 Å². The van der Waals surface area contributed by atoms with E-state index in [1.165, 1.54) is 0 Å². The number of fused-ring (bicyclic) bond motifs is 1. The number of aromatic amines is 1. The predicted octanol–water partition coefficient (Wildman–Crippen LogP) is 5.05. The lowest BCUT2D eigenvalue weighted by atomic mass is 10.0. The van der Waals surface area contributed by atoms with Crippen LogP contribution in [0.4, 0.5) is 5.69 Å². The van der Waals surface area contributed by atoms with E-state index in [-0.39, 0.29) is 23.8 Å². The minimum Gasteiger partial charge on any atom is -0.358 e. The molecule has 1 atom stereocenters. The highest BCUT2D eigenvalue weighted by Gasteiger charge is 2.29. The molecule has 3 aromatic rings. The first-order valence-electron chi connectivity index (χ1n) is 13.6. The Bertz CT molecular complexity index is 1500. The van der Waals surface area contributed by atoms with Crippen LogP contribution in [0.25, 0.3) is 11.6 Å². The molecular weight excluding hydrogens is 526 g/mol. The molecule has 0 spiro atoms. The van der Waals surface area contributed by atoms with Crippen LogP contribution < -0.4 is 10.6 Å². The second-order valence-corrected chi connectivity index (χ2v) is 11.0. The topological polar surface area (TPSA) is 97.5 Å². The summed E-state index contributed by atoms with van der Waals surface area (Å²) in [7, 11) is 2.06. The van der Waals surface area contributed by atoms with Crippen molar-refractivity contribution >= 4 is 46.7 Å². The number of carbonyl (C=O) groups excluding carboxylic acids is 3. The Kier molecular flexibility index (Phi) is 7.83. The van der Waals surface area contributed by atoms with E-state index in [1.54, 1.807) is 24.3 Å². The molecule has 0 radical (unpaired) electrons. The molecule has 8 nitrogen and oxygen atoms in total. The highest BCUT2D eigenvalue weighted by atomic mass is 35.5. The van der Waals surface area contributed by atoms with Crippen LogP contribution >= 0.6 is 11.6 Å². The molecule has 208 valence electrons. The summed E-state index contributed by atoms with van der Waals surface area (Å²) in [5, 5.41) is 6.63. The minimum absolute atomic E-state index is 0.00500. The monoisotopic (exact) mass is 559 g/mol. The van der Waals surface area contributed by atoms with E-state index in [2.05, 4.69) is 27.6 Å². The Morgan fingerprint density at radius 3 is 2.45 bits per heavy atom. The van der Waals surface area contributed by atoms with Crippen molar-refractivity contribution in [3.05, 3.63) is 86.7 Å². The van der Waals surface area contributed by atoms with Crippen LogP contribution in [0, 0.1) is 13.8 Å². The molecular formula is C31H34ClN5O3. The Labute approximate surface area is 239 Å². The van der Waals surface area contributed by atoms with Gasteiger partial charge in [-0.2, -0.15) is 0 Å². The minimum atomic E-state index is -0.251. The number of amides is 3. The van der Waals surface area contributed by atoms with Gasteiger partial charge in [-0.05, 0) is 74.9 Å². The fraction of sp³-hybridized carbons (Fsp3) is 0.323. The quantitative estimate of drug-likeness (QED) is 0.368. The Morgan fingerprint density at radius 2 is 1.77 bits per heavy atom. The van der Waals surface area contributed by atoms with E-state index in [1.807, 2.05) is 49.9 Å². The van der Waals surface area contributed by atoms with Gasteiger partial charge in [0.05, 0.1) is 17.2 Å². The van der Waals surface area contributed by atoms with Gasteiger partial charge in [0.1, 0.15) is 0 Å². The lowest BCUT2D eigenvalue weighted by Crippen LogP contribution is -2.47. The second kappa shape index (κ2) is 11.3. The summed E-state index contributed by atoms with van der Waals surface area (Å²) < 4.78 is 0. The van der Waals surface area contributed by atoms with Crippen LogP contribution in [-0.4, -0.2) is 65.7 Å². The summed E-state index contributed by atoms with van der Waals surface area (Å²) in [5.41, 5.74) is 6.09. The molecule has 1 saturated heterocycles. The molecule has 3 amide bonds. The SMILES string of the molecule is CCC(NC(=O)c1ccc2c(c1)C(=Cc1[nH]c(C)c(C(=O)N3CCN(C)CC3)c1C)C(=O)N2)c1ccc(Cl)cc1. The van der Waals surface area contributed by atoms with Crippen molar-refractivity contribution in [3.63, 3.8) is 0 Å². The molecule has 3 heterocycles. The average Bonchev–Trinajstić information content (AvgIpc) is 3.41. The molecule has 0 saturated carbocycles. The molecule has 1 aromatic heterocycles. The van der Waals surface area contributed by atoms with Crippen LogP contribution in [-0.2, 0) is 4.79 Å². The molecule has 3 N–H and O–H groups in total. The molecule has 2 aliphatic heterocycles. The number of H-pyrrole nitrogens is 1. The zero-order valence-electron chi connectivity index (χ0n) is 23.2. The largest absolute Gasteiger partial charge is 0.358 e. The Morgan fingerprint density at radius 1 is 1.07 bits per heavy atom. The van der Waals surface area contributed by atoms with Crippen molar-refractivity contribution in [1.82, 2.24) is 20.1 Å². The number of rotatable bonds is 6. The van der Waals surface area contributed by atoms with Crippen molar-refractivity contribution in [1.29, 1.82) is 0 Å². The van der Waals surface area contributed by atoms with Gasteiger partial charge < -0.3 is 25.4 Å². The van der Waals surface area contributed by atoms with Gasteiger partial charge in [-0.3, -0.25) is 14.4 Å². The van der Waals surface area contributed by atoms with Gasteiger partial charge in [0.2, 0.25) is 0 Å². The van der Waals surface area contributed by atoms with Crippen LogP contribution in [0.3, 0.4) is 0 Å².